The van der Waals surface area contributed by atoms with Crippen molar-refractivity contribution < 1.29 is 4.74 Å². The van der Waals surface area contributed by atoms with Crippen molar-refractivity contribution in [3.63, 3.8) is 0 Å². The molecule has 0 aromatic rings. The molecule has 2 nitrogen and oxygen atoms in total. The Morgan fingerprint density at radius 3 is 2.47 bits per heavy atom. The molecule has 0 aromatic carbocycles. The van der Waals surface area contributed by atoms with Gasteiger partial charge >= 0.3 is 0 Å². The fraction of sp³-hybridized carbons (Fsp3) is 0.846. The number of ether oxygens (including phenoxy) is 1. The van der Waals surface area contributed by atoms with Crippen LogP contribution in [0.1, 0.15) is 40.5 Å². The van der Waals surface area contributed by atoms with Gasteiger partial charge in [-0.1, -0.05) is 34.3 Å². The molecule has 0 atom stereocenters. The molecule has 0 aromatic heterocycles. The number of hydrogen-bond donors (Lipinski definition) is 1. The van der Waals surface area contributed by atoms with E-state index in [1.807, 2.05) is 0 Å². The Morgan fingerprint density at radius 1 is 1.27 bits per heavy atom. The predicted octanol–water partition coefficient (Wildman–Crippen LogP) is 2.99. The van der Waals surface area contributed by atoms with Gasteiger partial charge in [0.15, 0.2) is 0 Å². The van der Waals surface area contributed by atoms with Crippen LogP contribution in [0, 0.1) is 5.92 Å². The van der Waals surface area contributed by atoms with Gasteiger partial charge in [-0.3, -0.25) is 0 Å². The molecular formula is C13H27NO. The van der Waals surface area contributed by atoms with Crippen LogP contribution in [-0.4, -0.2) is 25.8 Å². The molecular weight excluding hydrogens is 186 g/mol. The molecule has 0 unspecified atom stereocenters. The van der Waals surface area contributed by atoms with E-state index in [0.717, 1.165) is 31.1 Å². The van der Waals surface area contributed by atoms with Gasteiger partial charge in [0.1, 0.15) is 0 Å². The summed E-state index contributed by atoms with van der Waals surface area (Å²) in [6.45, 7) is 15.1. The first-order valence-electron chi connectivity index (χ1n) is 6.00. The Kier molecular flexibility index (Phi) is 8.73. The third kappa shape index (κ3) is 11.6. The molecule has 90 valence electrons. The summed E-state index contributed by atoms with van der Waals surface area (Å²) in [6, 6.07) is 0.516. The minimum Gasteiger partial charge on any atom is -0.377 e. The summed E-state index contributed by atoms with van der Waals surface area (Å²) in [6.07, 6.45) is 2.40. The highest BCUT2D eigenvalue weighted by Gasteiger charge is 1.98. The van der Waals surface area contributed by atoms with E-state index in [2.05, 4.69) is 39.6 Å². The zero-order valence-corrected chi connectivity index (χ0v) is 10.8. The Labute approximate surface area is 95.1 Å². The second-order valence-electron chi connectivity index (χ2n) is 4.87. The van der Waals surface area contributed by atoms with Gasteiger partial charge in [0.2, 0.25) is 0 Å². The smallest absolute Gasteiger partial charge is 0.0686 e. The normalized spacial score (nSPS) is 11.3. The minimum absolute atomic E-state index is 0.516. The van der Waals surface area contributed by atoms with E-state index in [-0.39, 0.29) is 0 Å². The average Bonchev–Trinajstić information content (AvgIpc) is 2.13. The quantitative estimate of drug-likeness (QED) is 0.469. The van der Waals surface area contributed by atoms with E-state index in [9.17, 15) is 0 Å². The molecule has 0 amide bonds. The molecule has 0 fully saturated rings. The molecule has 0 radical (unpaired) electrons. The molecule has 0 spiro atoms. The van der Waals surface area contributed by atoms with Crippen LogP contribution in [0.3, 0.4) is 0 Å². The van der Waals surface area contributed by atoms with E-state index < -0.39 is 0 Å². The number of nitrogens with one attached hydrogen (secondary N) is 1. The second kappa shape index (κ2) is 8.93. The van der Waals surface area contributed by atoms with Crippen LogP contribution in [0.15, 0.2) is 12.2 Å². The zero-order chi connectivity index (χ0) is 11.7. The molecule has 1 N–H and O–H groups in total. The average molecular weight is 213 g/mol. The fourth-order valence-corrected chi connectivity index (χ4v) is 1.21. The maximum Gasteiger partial charge on any atom is 0.0686 e. The van der Waals surface area contributed by atoms with Crippen molar-refractivity contribution in [3.8, 4) is 0 Å². The fourth-order valence-electron chi connectivity index (χ4n) is 1.21. The van der Waals surface area contributed by atoms with E-state index in [1.165, 1.54) is 6.42 Å². The molecule has 0 aliphatic heterocycles. The maximum atomic E-state index is 5.54. The Hall–Kier alpha value is -0.340. The lowest BCUT2D eigenvalue weighted by atomic mass is 10.1. The molecule has 2 heteroatoms. The summed E-state index contributed by atoms with van der Waals surface area (Å²) in [5.74, 6) is 0.777. The maximum absolute atomic E-state index is 5.54. The summed E-state index contributed by atoms with van der Waals surface area (Å²) in [7, 11) is 0. The summed E-state index contributed by atoms with van der Waals surface area (Å²) in [5.41, 5.74) is 1.13. The van der Waals surface area contributed by atoms with Gasteiger partial charge in [-0.15, -0.1) is 0 Å². The van der Waals surface area contributed by atoms with Crippen molar-refractivity contribution in [2.24, 2.45) is 5.92 Å². The first-order chi connectivity index (χ1) is 7.02. The molecule has 15 heavy (non-hydrogen) atoms. The van der Waals surface area contributed by atoms with Gasteiger partial charge in [0, 0.05) is 19.2 Å². The molecule has 0 rings (SSSR count). The lowest BCUT2D eigenvalue weighted by Crippen LogP contribution is -2.25. The van der Waals surface area contributed by atoms with Gasteiger partial charge in [-0.05, 0) is 24.3 Å². The summed E-state index contributed by atoms with van der Waals surface area (Å²) in [4.78, 5) is 0. The number of rotatable bonds is 9. The second-order valence-corrected chi connectivity index (χ2v) is 4.87. The molecule has 0 aliphatic carbocycles. The van der Waals surface area contributed by atoms with E-state index in [0.29, 0.717) is 12.6 Å². The standard InChI is InChI=1S/C13H27NO/c1-11(2)7-6-8-15-10-13(5)9-14-12(3)4/h11-12,14H,5-10H2,1-4H3. The summed E-state index contributed by atoms with van der Waals surface area (Å²) in [5, 5.41) is 3.32. The van der Waals surface area contributed by atoms with Crippen LogP contribution in [0.2, 0.25) is 0 Å². The minimum atomic E-state index is 0.516. The topological polar surface area (TPSA) is 21.3 Å². The molecule has 0 saturated heterocycles. The van der Waals surface area contributed by atoms with Gasteiger partial charge < -0.3 is 10.1 Å². The Morgan fingerprint density at radius 2 is 1.93 bits per heavy atom. The van der Waals surface area contributed by atoms with Crippen LogP contribution >= 0.6 is 0 Å². The van der Waals surface area contributed by atoms with Crippen molar-refractivity contribution in [3.05, 3.63) is 12.2 Å². The molecule has 0 saturated carbocycles. The van der Waals surface area contributed by atoms with E-state index >= 15 is 0 Å². The van der Waals surface area contributed by atoms with Gasteiger partial charge in [-0.25, -0.2) is 0 Å². The Bertz CT molecular complexity index is 164. The largest absolute Gasteiger partial charge is 0.377 e. The highest BCUT2D eigenvalue weighted by molar-refractivity contribution is 4.97. The first-order valence-corrected chi connectivity index (χ1v) is 6.00. The van der Waals surface area contributed by atoms with E-state index in [1.54, 1.807) is 0 Å². The van der Waals surface area contributed by atoms with Crippen LogP contribution in [-0.2, 0) is 4.74 Å². The van der Waals surface area contributed by atoms with E-state index in [4.69, 9.17) is 4.74 Å². The highest BCUT2D eigenvalue weighted by atomic mass is 16.5. The van der Waals surface area contributed by atoms with Crippen molar-refractivity contribution in [1.29, 1.82) is 0 Å². The summed E-state index contributed by atoms with van der Waals surface area (Å²) < 4.78 is 5.54. The summed E-state index contributed by atoms with van der Waals surface area (Å²) >= 11 is 0. The first kappa shape index (κ1) is 14.7. The van der Waals surface area contributed by atoms with Gasteiger partial charge in [-0.2, -0.15) is 0 Å². The van der Waals surface area contributed by atoms with Gasteiger partial charge in [0.25, 0.3) is 0 Å². The molecule has 0 heterocycles. The zero-order valence-electron chi connectivity index (χ0n) is 10.8. The predicted molar refractivity (Wildman–Crippen MR) is 67.2 cm³/mol. The van der Waals surface area contributed by atoms with Crippen molar-refractivity contribution in [2.45, 2.75) is 46.6 Å². The van der Waals surface area contributed by atoms with Crippen molar-refractivity contribution in [1.82, 2.24) is 5.32 Å². The molecule has 0 bridgehead atoms. The monoisotopic (exact) mass is 213 g/mol. The Balaban J connectivity index is 3.24. The van der Waals surface area contributed by atoms with Gasteiger partial charge in [0.05, 0.1) is 6.61 Å². The van der Waals surface area contributed by atoms with Crippen LogP contribution in [0.5, 0.6) is 0 Å². The van der Waals surface area contributed by atoms with Crippen molar-refractivity contribution >= 4 is 0 Å². The van der Waals surface area contributed by atoms with Crippen LogP contribution < -0.4 is 5.32 Å². The SMILES string of the molecule is C=C(CNC(C)C)COCCCC(C)C. The highest BCUT2D eigenvalue weighted by Crippen LogP contribution is 2.03. The lowest BCUT2D eigenvalue weighted by molar-refractivity contribution is 0.147. The molecule has 0 aliphatic rings. The van der Waals surface area contributed by atoms with Crippen LogP contribution in [0.4, 0.5) is 0 Å². The third-order valence-corrected chi connectivity index (χ3v) is 2.14. The number of hydrogen-bond acceptors (Lipinski definition) is 2. The lowest BCUT2D eigenvalue weighted by Gasteiger charge is -2.11. The third-order valence-electron chi connectivity index (χ3n) is 2.14. The van der Waals surface area contributed by atoms with Crippen LogP contribution in [0.25, 0.3) is 0 Å². The van der Waals surface area contributed by atoms with Crippen molar-refractivity contribution in [2.75, 3.05) is 19.8 Å².